The fraction of sp³-hybridized carbons (Fsp3) is 0.263. The molecule has 0 aromatic heterocycles. The van der Waals surface area contributed by atoms with Gasteiger partial charge in [-0.15, -0.1) is 0 Å². The first-order valence-corrected chi connectivity index (χ1v) is 7.67. The average molecular weight is 308 g/mol. The van der Waals surface area contributed by atoms with Crippen LogP contribution in [0.1, 0.15) is 25.3 Å². The van der Waals surface area contributed by atoms with Crippen LogP contribution in [0.3, 0.4) is 0 Å². The van der Waals surface area contributed by atoms with Gasteiger partial charge in [0.25, 0.3) is 5.91 Å². The summed E-state index contributed by atoms with van der Waals surface area (Å²) in [5, 5.41) is 14.1. The van der Waals surface area contributed by atoms with Crippen molar-refractivity contribution in [2.45, 2.75) is 19.8 Å². The standard InChI is InChI=1S/C19H20N2O2/c1-3-4-11-21-19(22)15(13-20)12-17-16-8-6-5-7-14(16)9-10-18(17)23-2/h5-10,12H,3-4,11H2,1-2H3,(H,21,22)/b15-12-. The number of rotatable bonds is 6. The molecule has 2 aromatic rings. The number of amides is 1. The molecule has 0 aliphatic rings. The van der Waals surface area contributed by atoms with Gasteiger partial charge >= 0.3 is 0 Å². The van der Waals surface area contributed by atoms with E-state index >= 15 is 0 Å². The zero-order chi connectivity index (χ0) is 16.7. The van der Waals surface area contributed by atoms with Gasteiger partial charge in [-0.2, -0.15) is 5.26 Å². The Morgan fingerprint density at radius 1 is 1.30 bits per heavy atom. The summed E-state index contributed by atoms with van der Waals surface area (Å²) >= 11 is 0. The van der Waals surface area contributed by atoms with Crippen LogP contribution in [-0.2, 0) is 4.79 Å². The van der Waals surface area contributed by atoms with Crippen LogP contribution in [0.4, 0.5) is 0 Å². The quantitative estimate of drug-likeness (QED) is 0.503. The molecular weight excluding hydrogens is 288 g/mol. The molecule has 118 valence electrons. The van der Waals surface area contributed by atoms with E-state index in [0.29, 0.717) is 12.3 Å². The number of methoxy groups -OCH3 is 1. The highest BCUT2D eigenvalue weighted by molar-refractivity contribution is 6.04. The molecule has 2 rings (SSSR count). The van der Waals surface area contributed by atoms with Gasteiger partial charge in [0.05, 0.1) is 7.11 Å². The molecule has 0 unspecified atom stereocenters. The molecule has 2 aromatic carbocycles. The summed E-state index contributed by atoms with van der Waals surface area (Å²) in [4.78, 5) is 12.1. The molecular formula is C19H20N2O2. The second kappa shape index (κ2) is 8.00. The number of fused-ring (bicyclic) bond motifs is 1. The first kappa shape index (κ1) is 16.6. The van der Waals surface area contributed by atoms with Crippen LogP contribution in [0.2, 0.25) is 0 Å². The second-order valence-corrected chi connectivity index (χ2v) is 5.18. The van der Waals surface area contributed by atoms with Crippen molar-refractivity contribution in [3.05, 3.63) is 47.5 Å². The maximum atomic E-state index is 12.1. The van der Waals surface area contributed by atoms with Crippen LogP contribution < -0.4 is 10.1 Å². The van der Waals surface area contributed by atoms with Gasteiger partial charge in [0.15, 0.2) is 0 Å². The predicted molar refractivity (Wildman–Crippen MR) is 92.0 cm³/mol. The Morgan fingerprint density at radius 2 is 2.09 bits per heavy atom. The Bertz CT molecular complexity index is 773. The number of hydrogen-bond donors (Lipinski definition) is 1. The summed E-state index contributed by atoms with van der Waals surface area (Å²) in [5.41, 5.74) is 0.823. The van der Waals surface area contributed by atoms with Gasteiger partial charge in [-0.05, 0) is 29.3 Å². The van der Waals surface area contributed by atoms with Gasteiger partial charge in [0.1, 0.15) is 17.4 Å². The normalized spacial score (nSPS) is 11.1. The van der Waals surface area contributed by atoms with Gasteiger partial charge in [-0.25, -0.2) is 0 Å². The fourth-order valence-electron chi connectivity index (χ4n) is 2.37. The van der Waals surface area contributed by atoms with Crippen molar-refractivity contribution in [3.63, 3.8) is 0 Å². The van der Waals surface area contributed by atoms with Crippen LogP contribution >= 0.6 is 0 Å². The zero-order valence-electron chi connectivity index (χ0n) is 13.4. The molecule has 0 atom stereocenters. The lowest BCUT2D eigenvalue weighted by Gasteiger charge is -2.10. The van der Waals surface area contributed by atoms with Crippen molar-refractivity contribution in [1.29, 1.82) is 5.26 Å². The first-order chi connectivity index (χ1) is 11.2. The van der Waals surface area contributed by atoms with Crippen molar-refractivity contribution in [3.8, 4) is 11.8 Å². The highest BCUT2D eigenvalue weighted by Gasteiger charge is 2.12. The van der Waals surface area contributed by atoms with Crippen LogP contribution in [0.15, 0.2) is 42.0 Å². The molecule has 4 nitrogen and oxygen atoms in total. The van der Waals surface area contributed by atoms with Crippen molar-refractivity contribution < 1.29 is 9.53 Å². The van der Waals surface area contributed by atoms with E-state index in [2.05, 4.69) is 5.32 Å². The monoisotopic (exact) mass is 308 g/mol. The molecule has 23 heavy (non-hydrogen) atoms. The summed E-state index contributed by atoms with van der Waals surface area (Å²) in [6, 6.07) is 13.6. The third-order valence-corrected chi connectivity index (χ3v) is 3.62. The van der Waals surface area contributed by atoms with Gasteiger partial charge in [-0.1, -0.05) is 43.7 Å². The molecule has 0 saturated carbocycles. The van der Waals surface area contributed by atoms with Crippen molar-refractivity contribution in [1.82, 2.24) is 5.32 Å². The lowest BCUT2D eigenvalue weighted by molar-refractivity contribution is -0.117. The number of nitrogens with one attached hydrogen (secondary N) is 1. The van der Waals surface area contributed by atoms with E-state index in [1.165, 1.54) is 0 Å². The van der Waals surface area contributed by atoms with E-state index in [1.54, 1.807) is 13.2 Å². The summed E-state index contributed by atoms with van der Waals surface area (Å²) in [6.45, 7) is 2.62. The molecule has 0 saturated heterocycles. The first-order valence-electron chi connectivity index (χ1n) is 7.67. The highest BCUT2D eigenvalue weighted by Crippen LogP contribution is 2.30. The van der Waals surface area contributed by atoms with E-state index in [9.17, 15) is 10.1 Å². The number of ether oxygens (including phenoxy) is 1. The molecule has 1 N–H and O–H groups in total. The average Bonchev–Trinajstić information content (AvgIpc) is 2.59. The molecule has 0 aliphatic heterocycles. The van der Waals surface area contributed by atoms with Crippen LogP contribution in [0, 0.1) is 11.3 Å². The zero-order valence-corrected chi connectivity index (χ0v) is 13.4. The third kappa shape index (κ3) is 3.89. The lowest BCUT2D eigenvalue weighted by Crippen LogP contribution is -2.25. The topological polar surface area (TPSA) is 62.1 Å². The molecule has 0 fully saturated rings. The van der Waals surface area contributed by atoms with E-state index in [-0.39, 0.29) is 11.5 Å². The van der Waals surface area contributed by atoms with Gasteiger partial charge in [0, 0.05) is 12.1 Å². The number of hydrogen-bond acceptors (Lipinski definition) is 3. The molecule has 4 heteroatoms. The Labute approximate surface area is 136 Å². The number of nitriles is 1. The summed E-state index contributed by atoms with van der Waals surface area (Å²) < 4.78 is 5.39. The van der Waals surface area contributed by atoms with Crippen LogP contribution in [0.25, 0.3) is 16.8 Å². The fourth-order valence-corrected chi connectivity index (χ4v) is 2.37. The van der Waals surface area contributed by atoms with Crippen molar-refractivity contribution >= 4 is 22.8 Å². The third-order valence-electron chi connectivity index (χ3n) is 3.62. The minimum atomic E-state index is -0.351. The molecule has 0 radical (unpaired) electrons. The van der Waals surface area contributed by atoms with Gasteiger partial charge < -0.3 is 10.1 Å². The highest BCUT2D eigenvalue weighted by atomic mass is 16.5. The smallest absolute Gasteiger partial charge is 0.261 e. The van der Waals surface area contributed by atoms with E-state index in [0.717, 1.165) is 29.2 Å². The maximum Gasteiger partial charge on any atom is 0.261 e. The van der Waals surface area contributed by atoms with E-state index in [4.69, 9.17) is 4.74 Å². The second-order valence-electron chi connectivity index (χ2n) is 5.18. The minimum absolute atomic E-state index is 0.0794. The van der Waals surface area contributed by atoms with Gasteiger partial charge in [-0.3, -0.25) is 4.79 Å². The number of carbonyl (C=O) groups excluding carboxylic acids is 1. The molecule has 0 spiro atoms. The largest absolute Gasteiger partial charge is 0.496 e. The molecule has 0 bridgehead atoms. The Morgan fingerprint density at radius 3 is 2.78 bits per heavy atom. The Hall–Kier alpha value is -2.80. The predicted octanol–water partition coefficient (Wildman–Crippen LogP) is 3.67. The summed E-state index contributed by atoms with van der Waals surface area (Å²) in [7, 11) is 1.58. The summed E-state index contributed by atoms with van der Waals surface area (Å²) in [5.74, 6) is 0.286. The number of carbonyl (C=O) groups is 1. The number of unbranched alkanes of at least 4 members (excludes halogenated alkanes) is 1. The minimum Gasteiger partial charge on any atom is -0.496 e. The lowest BCUT2D eigenvalue weighted by atomic mass is 10.0. The molecule has 0 aliphatic carbocycles. The van der Waals surface area contributed by atoms with E-state index in [1.807, 2.05) is 49.4 Å². The van der Waals surface area contributed by atoms with Crippen molar-refractivity contribution in [2.24, 2.45) is 0 Å². The van der Waals surface area contributed by atoms with Gasteiger partial charge in [0.2, 0.25) is 0 Å². The van der Waals surface area contributed by atoms with Crippen LogP contribution in [0.5, 0.6) is 5.75 Å². The maximum absolute atomic E-state index is 12.1. The Balaban J connectivity index is 2.45. The summed E-state index contributed by atoms with van der Waals surface area (Å²) in [6.07, 6.45) is 3.48. The van der Waals surface area contributed by atoms with E-state index < -0.39 is 0 Å². The van der Waals surface area contributed by atoms with Crippen LogP contribution in [-0.4, -0.2) is 19.6 Å². The molecule has 0 heterocycles. The molecule has 1 amide bonds. The van der Waals surface area contributed by atoms with Crippen molar-refractivity contribution in [2.75, 3.05) is 13.7 Å². The number of benzene rings is 2. The SMILES string of the molecule is CCCCNC(=O)/C(C#N)=C\c1c(OC)ccc2ccccc12. The Kier molecular flexibility index (Phi) is 5.76. The number of nitrogens with zero attached hydrogens (tertiary/aromatic N) is 1.